The standard InChI is InChI=1S/C12H23NO3/c1-4-13(5-2)12(9-11(14)15)6-7-16-10(3)8-12/h10H,4-9H2,1-3H3,(H,14,15). The molecule has 0 radical (unpaired) electrons. The van der Waals surface area contributed by atoms with Crippen LogP contribution in [0.3, 0.4) is 0 Å². The molecule has 0 aromatic carbocycles. The van der Waals surface area contributed by atoms with E-state index in [9.17, 15) is 4.79 Å². The van der Waals surface area contributed by atoms with Gasteiger partial charge in [-0.15, -0.1) is 0 Å². The number of nitrogens with zero attached hydrogens (tertiary/aromatic N) is 1. The van der Waals surface area contributed by atoms with Crippen LogP contribution in [0.1, 0.15) is 40.0 Å². The number of aliphatic carboxylic acids is 1. The Morgan fingerprint density at radius 2 is 2.12 bits per heavy atom. The van der Waals surface area contributed by atoms with Gasteiger partial charge >= 0.3 is 5.97 Å². The molecule has 2 unspecified atom stereocenters. The van der Waals surface area contributed by atoms with E-state index in [2.05, 4.69) is 18.7 Å². The topological polar surface area (TPSA) is 49.8 Å². The van der Waals surface area contributed by atoms with E-state index in [1.54, 1.807) is 0 Å². The van der Waals surface area contributed by atoms with Crippen LogP contribution in [0.15, 0.2) is 0 Å². The largest absolute Gasteiger partial charge is 0.481 e. The summed E-state index contributed by atoms with van der Waals surface area (Å²) in [7, 11) is 0. The van der Waals surface area contributed by atoms with Crippen molar-refractivity contribution in [3.05, 3.63) is 0 Å². The van der Waals surface area contributed by atoms with Gasteiger partial charge in [0.05, 0.1) is 12.5 Å². The fraction of sp³-hybridized carbons (Fsp3) is 0.917. The Morgan fingerprint density at radius 3 is 2.56 bits per heavy atom. The van der Waals surface area contributed by atoms with Gasteiger partial charge in [-0.05, 0) is 32.9 Å². The van der Waals surface area contributed by atoms with Crippen LogP contribution < -0.4 is 0 Å². The lowest BCUT2D eigenvalue weighted by Gasteiger charge is -2.46. The molecule has 1 aliphatic rings. The molecule has 0 aromatic rings. The van der Waals surface area contributed by atoms with Crippen LogP contribution in [-0.2, 0) is 9.53 Å². The van der Waals surface area contributed by atoms with Crippen molar-refractivity contribution in [3.8, 4) is 0 Å². The monoisotopic (exact) mass is 229 g/mol. The van der Waals surface area contributed by atoms with E-state index in [0.717, 1.165) is 25.9 Å². The summed E-state index contributed by atoms with van der Waals surface area (Å²) in [5, 5.41) is 9.09. The third-order valence-corrected chi connectivity index (χ3v) is 3.55. The zero-order valence-corrected chi connectivity index (χ0v) is 10.5. The van der Waals surface area contributed by atoms with Gasteiger partial charge in [0.2, 0.25) is 0 Å². The molecule has 0 bridgehead atoms. The molecule has 1 N–H and O–H groups in total. The lowest BCUT2D eigenvalue weighted by atomic mass is 9.82. The fourth-order valence-electron chi connectivity index (χ4n) is 2.88. The molecule has 2 atom stereocenters. The number of hydrogen-bond acceptors (Lipinski definition) is 3. The zero-order valence-electron chi connectivity index (χ0n) is 10.5. The maximum Gasteiger partial charge on any atom is 0.305 e. The molecule has 94 valence electrons. The van der Waals surface area contributed by atoms with Gasteiger partial charge < -0.3 is 9.84 Å². The quantitative estimate of drug-likeness (QED) is 0.780. The second kappa shape index (κ2) is 5.64. The van der Waals surface area contributed by atoms with Crippen LogP contribution in [0.4, 0.5) is 0 Å². The van der Waals surface area contributed by atoms with E-state index in [1.807, 2.05) is 6.92 Å². The van der Waals surface area contributed by atoms with Crippen molar-refractivity contribution in [3.63, 3.8) is 0 Å². The van der Waals surface area contributed by atoms with Gasteiger partial charge in [-0.1, -0.05) is 13.8 Å². The van der Waals surface area contributed by atoms with E-state index < -0.39 is 5.97 Å². The van der Waals surface area contributed by atoms with Crippen molar-refractivity contribution in [2.24, 2.45) is 0 Å². The number of carboxylic acid groups (broad SMARTS) is 1. The summed E-state index contributed by atoms with van der Waals surface area (Å²) in [6, 6.07) is 0. The molecule has 0 saturated carbocycles. The minimum Gasteiger partial charge on any atom is -0.481 e. The van der Waals surface area contributed by atoms with E-state index in [1.165, 1.54) is 0 Å². The maximum atomic E-state index is 11.0. The Kier molecular flexibility index (Phi) is 4.74. The van der Waals surface area contributed by atoms with Crippen molar-refractivity contribution >= 4 is 5.97 Å². The summed E-state index contributed by atoms with van der Waals surface area (Å²) in [4.78, 5) is 13.3. The first-order valence-electron chi connectivity index (χ1n) is 6.12. The number of rotatable bonds is 5. The first kappa shape index (κ1) is 13.5. The molecule has 0 amide bonds. The second-order valence-electron chi connectivity index (χ2n) is 4.60. The normalized spacial score (nSPS) is 30.6. The average molecular weight is 229 g/mol. The molecule has 4 nitrogen and oxygen atoms in total. The van der Waals surface area contributed by atoms with E-state index in [-0.39, 0.29) is 18.1 Å². The third kappa shape index (κ3) is 2.95. The van der Waals surface area contributed by atoms with Crippen molar-refractivity contribution in [2.45, 2.75) is 51.7 Å². The number of ether oxygens (including phenoxy) is 1. The van der Waals surface area contributed by atoms with Crippen LogP contribution >= 0.6 is 0 Å². The summed E-state index contributed by atoms with van der Waals surface area (Å²) < 4.78 is 5.53. The number of hydrogen-bond donors (Lipinski definition) is 1. The summed E-state index contributed by atoms with van der Waals surface area (Å²) in [6.45, 7) is 8.68. The summed E-state index contributed by atoms with van der Waals surface area (Å²) in [5.41, 5.74) is -0.201. The van der Waals surface area contributed by atoms with Crippen LogP contribution in [-0.4, -0.2) is 47.3 Å². The summed E-state index contributed by atoms with van der Waals surface area (Å²) in [6.07, 6.45) is 2.03. The number of carbonyl (C=O) groups is 1. The highest BCUT2D eigenvalue weighted by Crippen LogP contribution is 2.34. The fourth-order valence-corrected chi connectivity index (χ4v) is 2.88. The summed E-state index contributed by atoms with van der Waals surface area (Å²) in [5.74, 6) is -0.707. The van der Waals surface area contributed by atoms with Gasteiger partial charge in [-0.25, -0.2) is 0 Å². The highest BCUT2D eigenvalue weighted by atomic mass is 16.5. The Morgan fingerprint density at radius 1 is 1.50 bits per heavy atom. The molecular weight excluding hydrogens is 206 g/mol. The van der Waals surface area contributed by atoms with Gasteiger partial charge in [0.25, 0.3) is 0 Å². The lowest BCUT2D eigenvalue weighted by molar-refractivity contribution is -0.144. The lowest BCUT2D eigenvalue weighted by Crippen LogP contribution is -2.54. The second-order valence-corrected chi connectivity index (χ2v) is 4.60. The summed E-state index contributed by atoms with van der Waals surface area (Å²) >= 11 is 0. The molecule has 0 aliphatic carbocycles. The zero-order chi connectivity index (χ0) is 12.2. The van der Waals surface area contributed by atoms with E-state index in [0.29, 0.717) is 6.61 Å². The molecule has 16 heavy (non-hydrogen) atoms. The maximum absolute atomic E-state index is 11.0. The molecule has 1 aliphatic heterocycles. The van der Waals surface area contributed by atoms with Crippen LogP contribution in [0.5, 0.6) is 0 Å². The predicted octanol–water partition coefficient (Wildman–Crippen LogP) is 1.74. The smallest absolute Gasteiger partial charge is 0.305 e. The van der Waals surface area contributed by atoms with E-state index >= 15 is 0 Å². The number of carboxylic acids is 1. The third-order valence-electron chi connectivity index (χ3n) is 3.55. The van der Waals surface area contributed by atoms with E-state index in [4.69, 9.17) is 9.84 Å². The minimum atomic E-state index is -0.707. The molecule has 4 heteroatoms. The van der Waals surface area contributed by atoms with Crippen molar-refractivity contribution in [2.75, 3.05) is 19.7 Å². The predicted molar refractivity (Wildman–Crippen MR) is 62.6 cm³/mol. The molecule has 1 rings (SSSR count). The Hall–Kier alpha value is -0.610. The molecule has 1 fully saturated rings. The van der Waals surface area contributed by atoms with Gasteiger partial charge in [0, 0.05) is 12.1 Å². The van der Waals surface area contributed by atoms with Crippen LogP contribution in [0, 0.1) is 0 Å². The van der Waals surface area contributed by atoms with Crippen LogP contribution in [0.25, 0.3) is 0 Å². The average Bonchev–Trinajstić information content (AvgIpc) is 2.17. The molecule has 1 saturated heterocycles. The first-order valence-corrected chi connectivity index (χ1v) is 6.12. The molecule has 1 heterocycles. The van der Waals surface area contributed by atoms with Gasteiger partial charge in [0.15, 0.2) is 0 Å². The Balaban J connectivity index is 2.85. The highest BCUT2D eigenvalue weighted by Gasteiger charge is 2.41. The Bertz CT molecular complexity index is 240. The highest BCUT2D eigenvalue weighted by molar-refractivity contribution is 5.68. The molecular formula is C12H23NO3. The minimum absolute atomic E-state index is 0.161. The molecule has 0 aromatic heterocycles. The van der Waals surface area contributed by atoms with Crippen molar-refractivity contribution in [1.82, 2.24) is 4.90 Å². The Labute approximate surface area is 97.6 Å². The molecule has 0 spiro atoms. The van der Waals surface area contributed by atoms with Gasteiger partial charge in [0.1, 0.15) is 0 Å². The van der Waals surface area contributed by atoms with Crippen molar-refractivity contribution < 1.29 is 14.6 Å². The first-order chi connectivity index (χ1) is 7.54. The van der Waals surface area contributed by atoms with Crippen LogP contribution in [0.2, 0.25) is 0 Å². The SMILES string of the molecule is CCN(CC)C1(CC(=O)O)CCOC(C)C1. The van der Waals surface area contributed by atoms with Crippen molar-refractivity contribution in [1.29, 1.82) is 0 Å². The van der Waals surface area contributed by atoms with Gasteiger partial charge in [-0.2, -0.15) is 0 Å². The van der Waals surface area contributed by atoms with Gasteiger partial charge in [-0.3, -0.25) is 9.69 Å².